The monoisotopic (exact) mass is 528 g/mol. The minimum Gasteiger partial charge on any atom is -0.381 e. The molecule has 1 aliphatic rings. The van der Waals surface area contributed by atoms with Crippen molar-refractivity contribution in [3.63, 3.8) is 0 Å². The number of hydrogen-bond donors (Lipinski definition) is 3. The summed E-state index contributed by atoms with van der Waals surface area (Å²) in [4.78, 5) is 6.03. The highest BCUT2D eigenvalue weighted by atomic mass is 127. The second-order valence-electron chi connectivity index (χ2n) is 7.30. The van der Waals surface area contributed by atoms with E-state index < -0.39 is 0 Å². The first-order valence-corrected chi connectivity index (χ1v) is 11.0. The van der Waals surface area contributed by atoms with Crippen LogP contribution >= 0.6 is 35.3 Å². The number of halogens is 1. The molecule has 2 aromatic rings. The molecular weight excluding hydrogens is 495 g/mol. The predicted molar refractivity (Wildman–Crippen MR) is 133 cm³/mol. The number of hydrogen-bond acceptors (Lipinski definition) is 4. The van der Waals surface area contributed by atoms with E-state index in [1.54, 1.807) is 11.3 Å². The maximum atomic E-state index is 5.65. The molecule has 3 rings (SSSR count). The van der Waals surface area contributed by atoms with Crippen LogP contribution in [-0.2, 0) is 11.3 Å². The van der Waals surface area contributed by atoms with Gasteiger partial charge in [-0.15, -0.1) is 35.3 Å². The van der Waals surface area contributed by atoms with Crippen molar-refractivity contribution in [2.75, 3.05) is 26.3 Å². The Hall–Kier alpha value is -1.16. The van der Waals surface area contributed by atoms with Crippen molar-refractivity contribution in [1.29, 1.82) is 0 Å². The number of benzene rings is 1. The zero-order chi connectivity index (χ0) is 19.7. The number of ether oxygens (including phenoxy) is 1. The lowest BCUT2D eigenvalue weighted by molar-refractivity contribution is 0.0355. The first-order chi connectivity index (χ1) is 13.7. The van der Waals surface area contributed by atoms with Gasteiger partial charge >= 0.3 is 0 Å². The third-order valence-electron chi connectivity index (χ3n) is 5.18. The van der Waals surface area contributed by atoms with E-state index in [1.165, 1.54) is 10.4 Å². The molecule has 2 heterocycles. The van der Waals surface area contributed by atoms with Crippen LogP contribution in [0.5, 0.6) is 0 Å². The van der Waals surface area contributed by atoms with Crippen LogP contribution in [0.1, 0.15) is 43.2 Å². The van der Waals surface area contributed by atoms with E-state index in [1.807, 2.05) is 0 Å². The van der Waals surface area contributed by atoms with E-state index in [2.05, 4.69) is 77.6 Å². The van der Waals surface area contributed by atoms with Crippen LogP contribution in [-0.4, -0.2) is 37.8 Å². The number of thiophene rings is 1. The van der Waals surface area contributed by atoms with Gasteiger partial charge in [-0.2, -0.15) is 0 Å². The molecule has 1 aliphatic heterocycles. The smallest absolute Gasteiger partial charge is 0.191 e. The Labute approximate surface area is 195 Å². The van der Waals surface area contributed by atoms with Crippen LogP contribution in [0, 0.1) is 0 Å². The minimum absolute atomic E-state index is 0. The quantitative estimate of drug-likeness (QED) is 0.272. The van der Waals surface area contributed by atoms with Crippen molar-refractivity contribution in [3.05, 3.63) is 58.3 Å². The van der Waals surface area contributed by atoms with Gasteiger partial charge in [0.1, 0.15) is 0 Å². The molecule has 0 saturated carbocycles. The first kappa shape index (κ1) is 24.1. The van der Waals surface area contributed by atoms with E-state index in [9.17, 15) is 0 Å². The molecule has 0 radical (unpaired) electrons. The highest BCUT2D eigenvalue weighted by Gasteiger charge is 2.34. The highest BCUT2D eigenvalue weighted by Crippen LogP contribution is 2.25. The van der Waals surface area contributed by atoms with E-state index in [0.717, 1.165) is 45.1 Å². The Morgan fingerprint density at radius 1 is 1.14 bits per heavy atom. The molecule has 0 spiro atoms. The number of nitrogens with zero attached hydrogens (tertiary/aromatic N) is 1. The summed E-state index contributed by atoms with van der Waals surface area (Å²) in [5.74, 6) is 0.871. The molecular formula is C22H33IN4OS. The maximum Gasteiger partial charge on any atom is 0.191 e. The zero-order valence-electron chi connectivity index (χ0n) is 17.3. The molecule has 3 N–H and O–H groups in total. The van der Waals surface area contributed by atoms with Crippen molar-refractivity contribution >= 4 is 41.3 Å². The standard InChI is InChI=1S/C22H32N4OS.HI/c1-3-23-21(24-16-20-10-7-15-28-20)25-17-22(11-13-27-14-12-22)26-18(2)19-8-5-4-6-9-19;/h4-10,15,18,26H,3,11-14,16-17H2,1-2H3,(H2,23,24,25);1H. The molecule has 1 saturated heterocycles. The number of guanidine groups is 1. The summed E-state index contributed by atoms with van der Waals surface area (Å²) in [5.41, 5.74) is 1.30. The summed E-state index contributed by atoms with van der Waals surface area (Å²) in [5, 5.41) is 12.9. The number of rotatable bonds is 8. The summed E-state index contributed by atoms with van der Waals surface area (Å²) >= 11 is 1.74. The fourth-order valence-electron chi connectivity index (χ4n) is 3.57. The van der Waals surface area contributed by atoms with Gasteiger partial charge in [-0.3, -0.25) is 0 Å². The van der Waals surface area contributed by atoms with Crippen LogP contribution in [0.2, 0.25) is 0 Å². The van der Waals surface area contributed by atoms with Crippen molar-refractivity contribution in [1.82, 2.24) is 16.0 Å². The van der Waals surface area contributed by atoms with Gasteiger partial charge in [-0.1, -0.05) is 36.4 Å². The Morgan fingerprint density at radius 2 is 1.90 bits per heavy atom. The van der Waals surface area contributed by atoms with Crippen LogP contribution in [0.15, 0.2) is 52.8 Å². The Morgan fingerprint density at radius 3 is 2.55 bits per heavy atom. The second kappa shape index (κ2) is 12.5. The van der Waals surface area contributed by atoms with Gasteiger partial charge in [0.15, 0.2) is 5.96 Å². The third-order valence-corrected chi connectivity index (χ3v) is 6.04. The van der Waals surface area contributed by atoms with E-state index in [-0.39, 0.29) is 35.6 Å². The van der Waals surface area contributed by atoms with Crippen molar-refractivity contribution in [3.8, 4) is 0 Å². The van der Waals surface area contributed by atoms with E-state index in [4.69, 9.17) is 9.73 Å². The average Bonchev–Trinajstić information content (AvgIpc) is 3.25. The molecule has 1 unspecified atom stereocenters. The van der Waals surface area contributed by atoms with Crippen LogP contribution < -0.4 is 16.0 Å². The van der Waals surface area contributed by atoms with E-state index >= 15 is 0 Å². The lowest BCUT2D eigenvalue weighted by Gasteiger charge is -2.41. The van der Waals surface area contributed by atoms with Crippen LogP contribution in [0.25, 0.3) is 0 Å². The normalized spacial score (nSPS) is 17.2. The molecule has 160 valence electrons. The van der Waals surface area contributed by atoms with Crippen LogP contribution in [0.3, 0.4) is 0 Å². The van der Waals surface area contributed by atoms with Gasteiger partial charge in [-0.25, -0.2) is 4.99 Å². The summed E-state index contributed by atoms with van der Waals surface area (Å²) in [7, 11) is 0. The highest BCUT2D eigenvalue weighted by molar-refractivity contribution is 14.0. The molecule has 1 aromatic heterocycles. The molecule has 0 amide bonds. The van der Waals surface area contributed by atoms with Gasteiger partial charge in [0.2, 0.25) is 0 Å². The van der Waals surface area contributed by atoms with Crippen molar-refractivity contribution < 1.29 is 4.74 Å². The molecule has 0 bridgehead atoms. The molecule has 1 aromatic carbocycles. The SMILES string of the molecule is CCNC(=NCc1cccs1)NCC1(NC(C)c2ccccc2)CCOCC1.I. The van der Waals surface area contributed by atoms with Gasteiger partial charge in [0.05, 0.1) is 6.54 Å². The summed E-state index contributed by atoms with van der Waals surface area (Å²) in [6, 6.07) is 15.1. The molecule has 1 atom stereocenters. The molecule has 5 nitrogen and oxygen atoms in total. The summed E-state index contributed by atoms with van der Waals surface area (Å²) < 4.78 is 5.65. The second-order valence-corrected chi connectivity index (χ2v) is 8.33. The first-order valence-electron chi connectivity index (χ1n) is 10.2. The number of aliphatic imine (C=N–C) groups is 1. The van der Waals surface area contributed by atoms with Crippen LogP contribution in [0.4, 0.5) is 0 Å². The van der Waals surface area contributed by atoms with Gasteiger partial charge in [0.25, 0.3) is 0 Å². The van der Waals surface area contributed by atoms with Gasteiger partial charge < -0.3 is 20.7 Å². The van der Waals surface area contributed by atoms with Gasteiger partial charge in [0, 0.05) is 42.8 Å². The maximum absolute atomic E-state index is 5.65. The fourth-order valence-corrected chi connectivity index (χ4v) is 4.20. The molecule has 0 aliphatic carbocycles. The van der Waals surface area contributed by atoms with Crippen molar-refractivity contribution in [2.24, 2.45) is 4.99 Å². The average molecular weight is 529 g/mol. The van der Waals surface area contributed by atoms with Crippen molar-refractivity contribution in [2.45, 2.75) is 44.8 Å². The predicted octanol–water partition coefficient (Wildman–Crippen LogP) is 4.32. The fraction of sp³-hybridized carbons (Fsp3) is 0.500. The Balaban J connectivity index is 0.00000300. The lowest BCUT2D eigenvalue weighted by atomic mass is 9.88. The molecule has 7 heteroatoms. The lowest BCUT2D eigenvalue weighted by Crippen LogP contribution is -2.58. The third kappa shape index (κ3) is 7.55. The largest absolute Gasteiger partial charge is 0.381 e. The van der Waals surface area contributed by atoms with E-state index in [0.29, 0.717) is 6.54 Å². The topological polar surface area (TPSA) is 57.7 Å². The summed E-state index contributed by atoms with van der Waals surface area (Å²) in [6.45, 7) is 8.30. The minimum atomic E-state index is -0.00731. The Bertz CT molecular complexity index is 718. The molecule has 29 heavy (non-hydrogen) atoms. The number of nitrogens with one attached hydrogen (secondary N) is 3. The zero-order valence-corrected chi connectivity index (χ0v) is 20.5. The summed E-state index contributed by atoms with van der Waals surface area (Å²) in [6.07, 6.45) is 1.98. The molecule has 1 fully saturated rings. The van der Waals surface area contributed by atoms with Gasteiger partial charge in [-0.05, 0) is 43.7 Å². The Kier molecular flexibility index (Phi) is 10.4.